The Morgan fingerprint density at radius 2 is 1.92 bits per heavy atom. The number of hydrogen-bond acceptors (Lipinski definition) is 1. The molecule has 0 aliphatic carbocycles. The van der Waals surface area contributed by atoms with E-state index in [0.717, 1.165) is 5.56 Å². The average Bonchev–Trinajstić information content (AvgIpc) is 1.96. The molecule has 0 atom stereocenters. The normalized spacial score (nSPS) is 9.92. The van der Waals surface area contributed by atoms with Crippen LogP contribution in [0.1, 0.15) is 23.6 Å². The molecule has 0 radical (unpaired) electrons. The van der Waals surface area contributed by atoms with E-state index in [1.54, 1.807) is 6.92 Å². The summed E-state index contributed by atoms with van der Waals surface area (Å²) < 4.78 is 0. The number of hydrogen-bond donors (Lipinski definition) is 0. The van der Waals surface area contributed by atoms with E-state index in [0.29, 0.717) is 6.42 Å². The Morgan fingerprint density at radius 3 is 2.42 bits per heavy atom. The van der Waals surface area contributed by atoms with Crippen LogP contribution in [-0.2, 0) is 11.2 Å². The van der Waals surface area contributed by atoms with Gasteiger partial charge in [0.2, 0.25) is 0 Å². The fourth-order valence-corrected chi connectivity index (χ4v) is 1.20. The van der Waals surface area contributed by atoms with E-state index in [4.69, 9.17) is 0 Å². The van der Waals surface area contributed by atoms with Gasteiger partial charge in [-0.25, -0.2) is 0 Å². The zero-order chi connectivity index (χ0) is 9.14. The highest BCUT2D eigenvalue weighted by atomic mass is 16.1. The second-order valence-corrected chi connectivity index (χ2v) is 3.30. The molecule has 0 heterocycles. The van der Waals surface area contributed by atoms with Crippen molar-refractivity contribution in [2.75, 3.05) is 0 Å². The SMILES string of the molecule is CC(=O)Cc1ccc(C)c(C)c1. The predicted molar refractivity (Wildman–Crippen MR) is 50.3 cm³/mol. The van der Waals surface area contributed by atoms with Gasteiger partial charge in [-0.05, 0) is 37.5 Å². The Hall–Kier alpha value is -1.11. The van der Waals surface area contributed by atoms with Crippen LogP contribution < -0.4 is 0 Å². The molecule has 0 fully saturated rings. The molecule has 0 unspecified atom stereocenters. The van der Waals surface area contributed by atoms with E-state index < -0.39 is 0 Å². The molecule has 1 aromatic rings. The molecule has 64 valence electrons. The summed E-state index contributed by atoms with van der Waals surface area (Å²) in [6.45, 7) is 5.76. The summed E-state index contributed by atoms with van der Waals surface area (Å²) in [5.74, 6) is 0.221. The number of benzene rings is 1. The highest BCUT2D eigenvalue weighted by molar-refractivity contribution is 5.78. The van der Waals surface area contributed by atoms with Gasteiger partial charge in [0, 0.05) is 6.42 Å². The lowest BCUT2D eigenvalue weighted by Gasteiger charge is -2.02. The summed E-state index contributed by atoms with van der Waals surface area (Å²) in [6.07, 6.45) is 0.557. The third-order valence-electron chi connectivity index (χ3n) is 2.02. The monoisotopic (exact) mass is 162 g/mol. The first-order valence-corrected chi connectivity index (χ1v) is 4.15. The molecule has 1 heteroatoms. The summed E-state index contributed by atoms with van der Waals surface area (Å²) in [6, 6.07) is 6.16. The first-order chi connectivity index (χ1) is 5.59. The number of ketones is 1. The van der Waals surface area contributed by atoms with Gasteiger partial charge < -0.3 is 0 Å². The second kappa shape index (κ2) is 3.53. The molecule has 0 aliphatic heterocycles. The predicted octanol–water partition coefficient (Wildman–Crippen LogP) is 2.43. The van der Waals surface area contributed by atoms with Crippen LogP contribution in [0, 0.1) is 13.8 Å². The molecule has 0 saturated heterocycles. The molecule has 0 aliphatic rings. The minimum absolute atomic E-state index is 0.221. The number of carbonyl (C=O) groups excluding carboxylic acids is 1. The van der Waals surface area contributed by atoms with Crippen LogP contribution in [-0.4, -0.2) is 5.78 Å². The molecule has 0 aromatic heterocycles. The maximum atomic E-state index is 10.8. The molecule has 0 amide bonds. The molecule has 0 bridgehead atoms. The Morgan fingerprint density at radius 1 is 1.25 bits per heavy atom. The quantitative estimate of drug-likeness (QED) is 0.652. The topological polar surface area (TPSA) is 17.1 Å². The van der Waals surface area contributed by atoms with Gasteiger partial charge in [0.1, 0.15) is 5.78 Å². The fraction of sp³-hybridized carbons (Fsp3) is 0.364. The lowest BCUT2D eigenvalue weighted by atomic mass is 10.0. The maximum absolute atomic E-state index is 10.8. The lowest BCUT2D eigenvalue weighted by molar-refractivity contribution is -0.116. The Kier molecular flexibility index (Phi) is 2.64. The van der Waals surface area contributed by atoms with E-state index >= 15 is 0 Å². The van der Waals surface area contributed by atoms with E-state index in [1.165, 1.54) is 11.1 Å². The first-order valence-electron chi connectivity index (χ1n) is 4.15. The van der Waals surface area contributed by atoms with Crippen LogP contribution in [0.4, 0.5) is 0 Å². The van der Waals surface area contributed by atoms with Crippen LogP contribution in [0.3, 0.4) is 0 Å². The molecule has 1 nitrogen and oxygen atoms in total. The molecular weight excluding hydrogens is 148 g/mol. The van der Waals surface area contributed by atoms with Gasteiger partial charge in [0.15, 0.2) is 0 Å². The van der Waals surface area contributed by atoms with Gasteiger partial charge in [-0.2, -0.15) is 0 Å². The molecule has 0 saturated carbocycles. The summed E-state index contributed by atoms with van der Waals surface area (Å²) in [5.41, 5.74) is 3.65. The third-order valence-corrected chi connectivity index (χ3v) is 2.02. The van der Waals surface area contributed by atoms with Crippen molar-refractivity contribution in [3.63, 3.8) is 0 Å². The van der Waals surface area contributed by atoms with Crippen molar-refractivity contribution in [3.8, 4) is 0 Å². The smallest absolute Gasteiger partial charge is 0.134 e. The van der Waals surface area contributed by atoms with Gasteiger partial charge in [0.25, 0.3) is 0 Å². The highest BCUT2D eigenvalue weighted by Gasteiger charge is 1.98. The second-order valence-electron chi connectivity index (χ2n) is 3.30. The van der Waals surface area contributed by atoms with Gasteiger partial charge >= 0.3 is 0 Å². The van der Waals surface area contributed by atoms with Crippen molar-refractivity contribution in [2.45, 2.75) is 27.2 Å². The molecule has 0 N–H and O–H groups in total. The summed E-state index contributed by atoms with van der Waals surface area (Å²) >= 11 is 0. The highest BCUT2D eigenvalue weighted by Crippen LogP contribution is 2.10. The summed E-state index contributed by atoms with van der Waals surface area (Å²) in [4.78, 5) is 10.8. The number of Topliss-reactive ketones (excluding diaryl/α,β-unsaturated/α-hetero) is 1. The van der Waals surface area contributed by atoms with Crippen molar-refractivity contribution in [3.05, 3.63) is 34.9 Å². The van der Waals surface area contributed by atoms with E-state index in [9.17, 15) is 4.79 Å². The standard InChI is InChI=1S/C11H14O/c1-8-4-5-11(6-9(8)2)7-10(3)12/h4-6H,7H2,1-3H3. The molecular formula is C11H14O. The fourth-order valence-electron chi connectivity index (χ4n) is 1.20. The van der Waals surface area contributed by atoms with Gasteiger partial charge in [-0.1, -0.05) is 18.2 Å². The minimum Gasteiger partial charge on any atom is -0.300 e. The Labute approximate surface area is 73.4 Å². The van der Waals surface area contributed by atoms with Crippen LogP contribution >= 0.6 is 0 Å². The Balaban J connectivity index is 2.89. The number of carbonyl (C=O) groups is 1. The molecule has 12 heavy (non-hydrogen) atoms. The first kappa shape index (κ1) is 8.98. The zero-order valence-electron chi connectivity index (χ0n) is 7.85. The summed E-state index contributed by atoms with van der Waals surface area (Å²) in [5, 5.41) is 0. The van der Waals surface area contributed by atoms with Gasteiger partial charge in [-0.3, -0.25) is 4.79 Å². The average molecular weight is 162 g/mol. The summed E-state index contributed by atoms with van der Waals surface area (Å²) in [7, 11) is 0. The zero-order valence-corrected chi connectivity index (χ0v) is 7.85. The van der Waals surface area contributed by atoms with Crippen molar-refractivity contribution in [1.29, 1.82) is 0 Å². The van der Waals surface area contributed by atoms with Crippen molar-refractivity contribution in [2.24, 2.45) is 0 Å². The van der Waals surface area contributed by atoms with Crippen molar-refractivity contribution in [1.82, 2.24) is 0 Å². The van der Waals surface area contributed by atoms with Crippen LogP contribution in [0.2, 0.25) is 0 Å². The number of rotatable bonds is 2. The number of aryl methyl sites for hydroxylation is 2. The van der Waals surface area contributed by atoms with Gasteiger partial charge in [0.05, 0.1) is 0 Å². The van der Waals surface area contributed by atoms with E-state index in [-0.39, 0.29) is 5.78 Å². The Bertz CT molecular complexity index is 300. The van der Waals surface area contributed by atoms with Crippen LogP contribution in [0.25, 0.3) is 0 Å². The van der Waals surface area contributed by atoms with E-state index in [2.05, 4.69) is 26.0 Å². The van der Waals surface area contributed by atoms with Crippen LogP contribution in [0.5, 0.6) is 0 Å². The van der Waals surface area contributed by atoms with E-state index in [1.807, 2.05) is 6.07 Å². The van der Waals surface area contributed by atoms with Crippen LogP contribution in [0.15, 0.2) is 18.2 Å². The largest absolute Gasteiger partial charge is 0.300 e. The third kappa shape index (κ3) is 2.19. The molecule has 1 rings (SSSR count). The lowest BCUT2D eigenvalue weighted by Crippen LogP contribution is -1.96. The maximum Gasteiger partial charge on any atom is 0.134 e. The molecule has 1 aromatic carbocycles. The van der Waals surface area contributed by atoms with Gasteiger partial charge in [-0.15, -0.1) is 0 Å². The minimum atomic E-state index is 0.221. The molecule has 0 spiro atoms. The van der Waals surface area contributed by atoms with Crippen molar-refractivity contribution < 1.29 is 4.79 Å². The van der Waals surface area contributed by atoms with Crippen molar-refractivity contribution >= 4 is 5.78 Å².